The molecule has 0 aliphatic heterocycles. The summed E-state index contributed by atoms with van der Waals surface area (Å²) >= 11 is 0. The molecule has 0 saturated carbocycles. The molecule has 26 heavy (non-hydrogen) atoms. The van der Waals surface area contributed by atoms with E-state index in [-0.39, 0.29) is 17.8 Å². The molecule has 0 spiro atoms. The fraction of sp³-hybridized carbons (Fsp3) is 0.478. The number of hydrogen-bond acceptors (Lipinski definition) is 3. The van der Waals surface area contributed by atoms with E-state index in [1.807, 2.05) is 64.2 Å². The maximum absolute atomic E-state index is 12.0. The molecule has 0 saturated heterocycles. The van der Waals surface area contributed by atoms with E-state index >= 15 is 0 Å². The van der Waals surface area contributed by atoms with E-state index in [1.165, 1.54) is 0 Å². The van der Waals surface area contributed by atoms with E-state index < -0.39 is 22.2 Å². The predicted molar refractivity (Wildman–Crippen MR) is 105 cm³/mol. The van der Waals surface area contributed by atoms with Crippen molar-refractivity contribution in [2.75, 3.05) is 0 Å². The summed E-state index contributed by atoms with van der Waals surface area (Å²) < 4.78 is 0. The van der Waals surface area contributed by atoms with Gasteiger partial charge in [0.05, 0.1) is 5.41 Å². The van der Waals surface area contributed by atoms with Gasteiger partial charge in [-0.25, -0.2) is 0 Å². The third-order valence-electron chi connectivity index (χ3n) is 7.07. The van der Waals surface area contributed by atoms with Crippen molar-refractivity contribution in [1.82, 2.24) is 0 Å². The molecule has 3 aliphatic carbocycles. The molecule has 0 aromatic carbocycles. The molecule has 3 nitrogen and oxygen atoms in total. The highest BCUT2D eigenvalue weighted by atomic mass is 16.3. The summed E-state index contributed by atoms with van der Waals surface area (Å²) in [5.41, 5.74) is -5.65. The van der Waals surface area contributed by atoms with Gasteiger partial charge in [0.1, 0.15) is 16.8 Å². The normalized spacial score (nSPS) is 46.5. The molecule has 0 heterocycles. The van der Waals surface area contributed by atoms with Gasteiger partial charge in [0.2, 0.25) is 0 Å². The summed E-state index contributed by atoms with van der Waals surface area (Å²) in [6.45, 7) is 7.58. The highest BCUT2D eigenvalue weighted by molar-refractivity contribution is 5.41. The van der Waals surface area contributed by atoms with Crippen molar-refractivity contribution in [2.24, 2.45) is 23.2 Å². The van der Waals surface area contributed by atoms with Crippen LogP contribution in [0.25, 0.3) is 0 Å². The maximum atomic E-state index is 12.0. The number of allylic oxidation sites excluding steroid dienone is 6. The zero-order chi connectivity index (χ0) is 19.2. The van der Waals surface area contributed by atoms with E-state index in [4.69, 9.17) is 0 Å². The Balaban J connectivity index is 2.30. The molecule has 0 aromatic heterocycles. The average Bonchev–Trinajstić information content (AvgIpc) is 2.62. The van der Waals surface area contributed by atoms with Crippen molar-refractivity contribution in [3.8, 4) is 0 Å². The third-order valence-corrected chi connectivity index (χ3v) is 7.07. The van der Waals surface area contributed by atoms with Crippen molar-refractivity contribution in [2.45, 2.75) is 44.5 Å². The van der Waals surface area contributed by atoms with Gasteiger partial charge in [-0.1, -0.05) is 101 Å². The summed E-state index contributed by atoms with van der Waals surface area (Å²) in [6, 6.07) is 0. The Hall–Kier alpha value is -1.68. The molecule has 6 atom stereocenters. The minimum atomic E-state index is -1.45. The topological polar surface area (TPSA) is 60.7 Å². The second-order valence-corrected chi connectivity index (χ2v) is 8.20. The molecule has 3 rings (SSSR count). The van der Waals surface area contributed by atoms with Gasteiger partial charge >= 0.3 is 0 Å². The Bertz CT molecular complexity index is 643. The minimum Gasteiger partial charge on any atom is -0.384 e. The molecule has 0 radical (unpaired) electrons. The standard InChI is InChI=1S/C23H30O3/c1-17-11-5-8-14-21(17,24)20(4,22(25)15-9-6-12-18(22)2)23(26)16-10-7-13-19(23)3/h5-19,24-26H,1-4H3. The molecule has 6 unspecified atom stereocenters. The van der Waals surface area contributed by atoms with Crippen LogP contribution in [0.3, 0.4) is 0 Å². The summed E-state index contributed by atoms with van der Waals surface area (Å²) in [6.07, 6.45) is 22.0. The zero-order valence-corrected chi connectivity index (χ0v) is 16.0. The Morgan fingerprint density at radius 2 is 0.846 bits per heavy atom. The van der Waals surface area contributed by atoms with Gasteiger partial charge < -0.3 is 15.3 Å². The molecule has 140 valence electrons. The molecule has 3 heteroatoms. The summed E-state index contributed by atoms with van der Waals surface area (Å²) in [5.74, 6) is -0.823. The van der Waals surface area contributed by atoms with Crippen molar-refractivity contribution >= 4 is 0 Å². The van der Waals surface area contributed by atoms with Crippen molar-refractivity contribution < 1.29 is 15.3 Å². The minimum absolute atomic E-state index is 0.274. The Morgan fingerprint density at radius 1 is 0.577 bits per heavy atom. The molecule has 3 aliphatic rings. The van der Waals surface area contributed by atoms with E-state index in [1.54, 1.807) is 36.5 Å². The first-order valence-corrected chi connectivity index (χ1v) is 9.38. The van der Waals surface area contributed by atoms with E-state index in [0.717, 1.165) is 0 Å². The van der Waals surface area contributed by atoms with E-state index in [9.17, 15) is 15.3 Å². The summed E-state index contributed by atoms with van der Waals surface area (Å²) in [7, 11) is 0. The lowest BCUT2D eigenvalue weighted by atomic mass is 9.45. The molecular formula is C23H30O3. The Kier molecular flexibility index (Phi) is 4.55. The van der Waals surface area contributed by atoms with Crippen LogP contribution in [0.4, 0.5) is 0 Å². The summed E-state index contributed by atoms with van der Waals surface area (Å²) in [4.78, 5) is 0. The number of aliphatic hydroxyl groups is 3. The maximum Gasteiger partial charge on any atom is 0.101 e. The van der Waals surface area contributed by atoms with Crippen molar-refractivity contribution in [3.63, 3.8) is 0 Å². The molecule has 0 aromatic rings. The SMILES string of the molecule is CC1C=CC=CC1(O)C(C)(C1(O)C=CC=CC1C)C1(O)C=CC=CC1C. The lowest BCUT2D eigenvalue weighted by Crippen LogP contribution is -2.74. The fourth-order valence-electron chi connectivity index (χ4n) is 5.02. The van der Waals surface area contributed by atoms with Crippen LogP contribution in [-0.4, -0.2) is 32.1 Å². The van der Waals surface area contributed by atoms with Crippen LogP contribution < -0.4 is 0 Å². The van der Waals surface area contributed by atoms with Gasteiger partial charge in [0.15, 0.2) is 0 Å². The first-order valence-electron chi connectivity index (χ1n) is 9.38. The molecule has 0 fully saturated rings. The molecule has 0 bridgehead atoms. The van der Waals surface area contributed by atoms with Crippen LogP contribution in [0.2, 0.25) is 0 Å². The molecular weight excluding hydrogens is 324 g/mol. The van der Waals surface area contributed by atoms with Crippen LogP contribution in [-0.2, 0) is 0 Å². The third kappa shape index (κ3) is 2.24. The lowest BCUT2D eigenvalue weighted by Gasteiger charge is -2.63. The van der Waals surface area contributed by atoms with Gasteiger partial charge in [-0.3, -0.25) is 0 Å². The van der Waals surface area contributed by atoms with Gasteiger partial charge in [0.25, 0.3) is 0 Å². The molecule has 0 amide bonds. The first kappa shape index (κ1) is 19.1. The van der Waals surface area contributed by atoms with E-state index in [2.05, 4.69) is 0 Å². The smallest absolute Gasteiger partial charge is 0.101 e. The van der Waals surface area contributed by atoms with Crippen LogP contribution in [0.5, 0.6) is 0 Å². The average molecular weight is 354 g/mol. The second-order valence-electron chi connectivity index (χ2n) is 8.20. The van der Waals surface area contributed by atoms with Gasteiger partial charge in [-0.2, -0.15) is 0 Å². The predicted octanol–water partition coefficient (Wildman–Crippen LogP) is 3.47. The highest BCUT2D eigenvalue weighted by Crippen LogP contribution is 2.60. The highest BCUT2D eigenvalue weighted by Gasteiger charge is 2.70. The monoisotopic (exact) mass is 354 g/mol. The quantitative estimate of drug-likeness (QED) is 0.727. The van der Waals surface area contributed by atoms with Gasteiger partial charge in [-0.05, 0) is 0 Å². The lowest BCUT2D eigenvalue weighted by molar-refractivity contribution is -0.252. The van der Waals surface area contributed by atoms with Crippen LogP contribution in [0.15, 0.2) is 72.9 Å². The van der Waals surface area contributed by atoms with E-state index in [0.29, 0.717) is 0 Å². The van der Waals surface area contributed by atoms with Crippen molar-refractivity contribution in [3.05, 3.63) is 72.9 Å². The number of rotatable bonds is 3. The largest absolute Gasteiger partial charge is 0.384 e. The van der Waals surface area contributed by atoms with Gasteiger partial charge in [0, 0.05) is 17.8 Å². The van der Waals surface area contributed by atoms with Crippen LogP contribution in [0, 0.1) is 23.2 Å². The van der Waals surface area contributed by atoms with Crippen LogP contribution in [0.1, 0.15) is 27.7 Å². The van der Waals surface area contributed by atoms with Crippen molar-refractivity contribution in [1.29, 1.82) is 0 Å². The molecule has 3 N–H and O–H groups in total. The van der Waals surface area contributed by atoms with Crippen LogP contribution >= 0.6 is 0 Å². The van der Waals surface area contributed by atoms with Gasteiger partial charge in [-0.15, -0.1) is 0 Å². The number of hydrogen-bond donors (Lipinski definition) is 3. The first-order chi connectivity index (χ1) is 12.1. The zero-order valence-electron chi connectivity index (χ0n) is 16.0. The Morgan fingerprint density at radius 3 is 1.08 bits per heavy atom. The Labute approximate surface area is 156 Å². The second kappa shape index (κ2) is 6.19. The summed E-state index contributed by atoms with van der Waals surface area (Å²) in [5, 5.41) is 35.9. The fourth-order valence-corrected chi connectivity index (χ4v) is 5.02.